The average molecular weight is 443 g/mol. The van der Waals surface area contributed by atoms with E-state index >= 15 is 0 Å². The second-order valence-corrected chi connectivity index (χ2v) is 7.40. The van der Waals surface area contributed by atoms with E-state index in [1.54, 1.807) is 35.3 Å². The summed E-state index contributed by atoms with van der Waals surface area (Å²) < 4.78 is 7.98. The number of benzene rings is 3. The molecular weight excluding hydrogens is 429 g/mol. The van der Waals surface area contributed by atoms with Crippen LogP contribution in [0.25, 0.3) is 11.5 Å². The summed E-state index contributed by atoms with van der Waals surface area (Å²) in [6, 6.07) is 22.0. The first-order valence-electron chi connectivity index (χ1n) is 8.65. The van der Waals surface area contributed by atoms with Gasteiger partial charge in [0.1, 0.15) is 24.1 Å². The van der Waals surface area contributed by atoms with Gasteiger partial charge in [-0.2, -0.15) is 5.10 Å². The predicted molar refractivity (Wildman–Crippen MR) is 117 cm³/mol. The van der Waals surface area contributed by atoms with E-state index < -0.39 is 0 Å². The zero-order valence-corrected chi connectivity index (χ0v) is 17.2. The van der Waals surface area contributed by atoms with E-state index in [1.807, 2.05) is 48.5 Å². The van der Waals surface area contributed by atoms with Crippen LogP contribution in [0.3, 0.4) is 0 Å². The van der Waals surface area contributed by atoms with Crippen molar-refractivity contribution >= 4 is 46.3 Å². The van der Waals surface area contributed by atoms with E-state index in [2.05, 4.69) is 10.1 Å². The molecule has 0 saturated heterocycles. The molecule has 0 saturated carbocycles. The van der Waals surface area contributed by atoms with Crippen molar-refractivity contribution in [1.29, 1.82) is 0 Å². The van der Waals surface area contributed by atoms with Gasteiger partial charge in [-0.3, -0.25) is 0 Å². The minimum Gasteiger partial charge on any atom is -0.454 e. The number of ether oxygens (including phenoxy) is 1. The molecule has 0 N–H and O–H groups in total. The van der Waals surface area contributed by atoms with Crippen LogP contribution in [0.1, 0.15) is 11.1 Å². The highest BCUT2D eigenvalue weighted by molar-refractivity contribution is 6.31. The Kier molecular flexibility index (Phi) is 5.86. The SMILES string of the molecule is Clc1ccc(O/C(=C(/c2ccc(Cl)cc2)n2cncn2)c2ccc(Cl)cc2)cc1. The molecule has 1 aromatic heterocycles. The molecule has 0 radical (unpaired) electrons. The minimum atomic E-state index is 0.580. The lowest BCUT2D eigenvalue weighted by molar-refractivity contribution is 0.513. The Morgan fingerprint density at radius 1 is 0.690 bits per heavy atom. The standard InChI is InChI=1S/C22H14Cl3N3O/c23-17-5-1-15(2-6-17)21(28-14-26-13-27-28)22(16-3-7-18(24)8-4-16)29-20-11-9-19(25)10-12-20/h1-14H/b22-21-. The zero-order valence-electron chi connectivity index (χ0n) is 15.0. The summed E-state index contributed by atoms with van der Waals surface area (Å²) in [5, 5.41) is 6.22. The summed E-state index contributed by atoms with van der Waals surface area (Å²) >= 11 is 18.2. The number of hydrogen-bond donors (Lipinski definition) is 0. The maximum atomic E-state index is 6.32. The Hall–Kier alpha value is -2.79. The molecule has 3 aromatic carbocycles. The van der Waals surface area contributed by atoms with Gasteiger partial charge in [-0.25, -0.2) is 9.67 Å². The molecule has 0 atom stereocenters. The molecule has 4 aromatic rings. The van der Waals surface area contributed by atoms with Crippen LogP contribution in [0, 0.1) is 0 Å². The van der Waals surface area contributed by atoms with E-state index in [1.165, 1.54) is 6.33 Å². The Morgan fingerprint density at radius 2 is 1.21 bits per heavy atom. The molecule has 0 aliphatic carbocycles. The molecule has 1 heterocycles. The lowest BCUT2D eigenvalue weighted by Gasteiger charge is -2.17. The molecule has 29 heavy (non-hydrogen) atoms. The van der Waals surface area contributed by atoms with Crippen LogP contribution < -0.4 is 4.74 Å². The predicted octanol–water partition coefficient (Wildman–Crippen LogP) is 6.69. The highest BCUT2D eigenvalue weighted by atomic mass is 35.5. The number of halogens is 3. The van der Waals surface area contributed by atoms with E-state index in [9.17, 15) is 0 Å². The summed E-state index contributed by atoms with van der Waals surface area (Å²) in [6.07, 6.45) is 3.09. The van der Waals surface area contributed by atoms with Gasteiger partial charge in [-0.05, 0) is 60.7 Å². The number of nitrogens with zero attached hydrogens (tertiary/aromatic N) is 3. The summed E-state index contributed by atoms with van der Waals surface area (Å²) in [5.74, 6) is 1.21. The molecule has 0 aliphatic rings. The molecular formula is C22H14Cl3N3O. The van der Waals surface area contributed by atoms with E-state index in [-0.39, 0.29) is 0 Å². The average Bonchev–Trinajstić information content (AvgIpc) is 3.25. The Labute approximate surface area is 182 Å². The van der Waals surface area contributed by atoms with Gasteiger partial charge in [0.05, 0.1) is 0 Å². The fraction of sp³-hybridized carbons (Fsp3) is 0. The minimum absolute atomic E-state index is 0.580. The number of hydrogen-bond acceptors (Lipinski definition) is 3. The van der Waals surface area contributed by atoms with Crippen LogP contribution >= 0.6 is 34.8 Å². The molecule has 0 aliphatic heterocycles. The van der Waals surface area contributed by atoms with E-state index in [0.717, 1.165) is 11.1 Å². The van der Waals surface area contributed by atoms with Crippen LogP contribution in [-0.4, -0.2) is 14.8 Å². The van der Waals surface area contributed by atoms with Gasteiger partial charge in [0.15, 0.2) is 5.76 Å². The zero-order chi connectivity index (χ0) is 20.2. The highest BCUT2D eigenvalue weighted by Crippen LogP contribution is 2.32. The molecule has 0 bridgehead atoms. The van der Waals surface area contributed by atoms with Gasteiger partial charge < -0.3 is 4.74 Å². The summed E-state index contributed by atoms with van der Waals surface area (Å²) in [5.41, 5.74) is 2.39. The second-order valence-electron chi connectivity index (χ2n) is 6.09. The quantitative estimate of drug-likeness (QED) is 0.255. The van der Waals surface area contributed by atoms with Crippen LogP contribution in [-0.2, 0) is 0 Å². The number of aromatic nitrogens is 3. The molecule has 144 valence electrons. The largest absolute Gasteiger partial charge is 0.454 e. The third-order valence-electron chi connectivity index (χ3n) is 4.12. The van der Waals surface area contributed by atoms with Crippen molar-refractivity contribution in [2.45, 2.75) is 0 Å². The first-order chi connectivity index (χ1) is 14.1. The van der Waals surface area contributed by atoms with Crippen molar-refractivity contribution in [3.63, 3.8) is 0 Å². The van der Waals surface area contributed by atoms with Crippen molar-refractivity contribution in [2.75, 3.05) is 0 Å². The Bertz CT molecular complexity index is 1120. The van der Waals surface area contributed by atoms with Gasteiger partial charge in [0, 0.05) is 26.2 Å². The summed E-state index contributed by atoms with van der Waals surface area (Å²) in [6.45, 7) is 0. The molecule has 4 nitrogen and oxygen atoms in total. The Balaban J connectivity index is 1.94. The van der Waals surface area contributed by atoms with Crippen LogP contribution in [0.2, 0.25) is 15.1 Å². The van der Waals surface area contributed by atoms with Gasteiger partial charge in [0.2, 0.25) is 0 Å². The fourth-order valence-corrected chi connectivity index (χ4v) is 3.14. The number of rotatable bonds is 5. The maximum absolute atomic E-state index is 6.32. The summed E-state index contributed by atoms with van der Waals surface area (Å²) in [7, 11) is 0. The van der Waals surface area contributed by atoms with Crippen LogP contribution in [0.4, 0.5) is 0 Å². The van der Waals surface area contributed by atoms with Crippen molar-refractivity contribution < 1.29 is 4.74 Å². The molecule has 0 fully saturated rings. The van der Waals surface area contributed by atoms with E-state index in [0.29, 0.717) is 32.3 Å². The molecule has 0 unspecified atom stereocenters. The van der Waals surface area contributed by atoms with Crippen molar-refractivity contribution in [1.82, 2.24) is 14.8 Å². The summed E-state index contributed by atoms with van der Waals surface area (Å²) in [4.78, 5) is 4.09. The van der Waals surface area contributed by atoms with Crippen molar-refractivity contribution in [2.24, 2.45) is 0 Å². The third-order valence-corrected chi connectivity index (χ3v) is 4.88. The topological polar surface area (TPSA) is 39.9 Å². The monoisotopic (exact) mass is 441 g/mol. The first-order valence-corrected chi connectivity index (χ1v) is 9.78. The van der Waals surface area contributed by atoms with Crippen molar-refractivity contribution in [3.05, 3.63) is 112 Å². The smallest absolute Gasteiger partial charge is 0.160 e. The van der Waals surface area contributed by atoms with E-state index in [4.69, 9.17) is 39.5 Å². The lowest BCUT2D eigenvalue weighted by Crippen LogP contribution is -2.08. The molecule has 7 heteroatoms. The van der Waals surface area contributed by atoms with Gasteiger partial charge in [0.25, 0.3) is 0 Å². The van der Waals surface area contributed by atoms with Gasteiger partial charge in [-0.1, -0.05) is 46.9 Å². The normalized spacial score (nSPS) is 11.8. The second kappa shape index (κ2) is 8.70. The van der Waals surface area contributed by atoms with Crippen molar-refractivity contribution in [3.8, 4) is 5.75 Å². The maximum Gasteiger partial charge on any atom is 0.160 e. The van der Waals surface area contributed by atoms with Gasteiger partial charge >= 0.3 is 0 Å². The van der Waals surface area contributed by atoms with Crippen LogP contribution in [0.5, 0.6) is 5.75 Å². The highest BCUT2D eigenvalue weighted by Gasteiger charge is 2.18. The van der Waals surface area contributed by atoms with Crippen LogP contribution in [0.15, 0.2) is 85.5 Å². The Morgan fingerprint density at radius 3 is 1.72 bits per heavy atom. The molecule has 0 amide bonds. The lowest BCUT2D eigenvalue weighted by atomic mass is 10.1. The molecule has 4 rings (SSSR count). The third kappa shape index (κ3) is 4.62. The van der Waals surface area contributed by atoms with Gasteiger partial charge in [-0.15, -0.1) is 0 Å². The fourth-order valence-electron chi connectivity index (χ4n) is 2.76. The first kappa shape index (κ1) is 19.5. The molecule has 0 spiro atoms.